The van der Waals surface area contributed by atoms with Crippen molar-refractivity contribution in [3.8, 4) is 0 Å². The van der Waals surface area contributed by atoms with E-state index in [1.54, 1.807) is 19.3 Å². The lowest BCUT2D eigenvalue weighted by Gasteiger charge is -2.12. The third kappa shape index (κ3) is 5.43. The summed E-state index contributed by atoms with van der Waals surface area (Å²) >= 11 is 0. The minimum Gasteiger partial charge on any atom is -0.365 e. The second kappa shape index (κ2) is 8.02. The lowest BCUT2D eigenvalue weighted by molar-refractivity contribution is 0.300. The summed E-state index contributed by atoms with van der Waals surface area (Å²) in [5.41, 5.74) is 1.24. The molecule has 0 aliphatic carbocycles. The van der Waals surface area contributed by atoms with Crippen LogP contribution in [0.25, 0.3) is 0 Å². The summed E-state index contributed by atoms with van der Waals surface area (Å²) in [7, 11) is -3.53. The number of nitrogens with zero attached hydrogens (tertiary/aromatic N) is 3. The average molecular weight is 352 g/mol. The molecule has 0 spiro atoms. The van der Waals surface area contributed by atoms with Crippen LogP contribution in [0.3, 0.4) is 0 Å². The first-order chi connectivity index (χ1) is 11.4. The van der Waals surface area contributed by atoms with Gasteiger partial charge in [-0.1, -0.05) is 6.07 Å². The third-order valence-corrected chi connectivity index (χ3v) is 3.86. The van der Waals surface area contributed by atoms with Crippen LogP contribution >= 0.6 is 0 Å². The molecule has 0 amide bonds. The van der Waals surface area contributed by atoms with E-state index in [2.05, 4.69) is 19.5 Å². The molecule has 2 aromatic heterocycles. The van der Waals surface area contributed by atoms with E-state index < -0.39 is 10.1 Å². The van der Waals surface area contributed by atoms with Crippen LogP contribution in [-0.2, 0) is 27.3 Å². The SMILES string of the molecule is Cc1cnc(NCCc2ccccn2)c(=O)n1CCOS(C)(=O)=O. The van der Waals surface area contributed by atoms with Gasteiger partial charge in [-0.25, -0.2) is 4.98 Å². The van der Waals surface area contributed by atoms with Crippen molar-refractivity contribution in [2.45, 2.75) is 19.9 Å². The Morgan fingerprint density at radius 3 is 2.75 bits per heavy atom. The van der Waals surface area contributed by atoms with Crippen LogP contribution in [0.5, 0.6) is 0 Å². The highest BCUT2D eigenvalue weighted by Crippen LogP contribution is 2.01. The average Bonchev–Trinajstić information content (AvgIpc) is 2.53. The van der Waals surface area contributed by atoms with Crippen molar-refractivity contribution in [3.63, 3.8) is 0 Å². The molecule has 0 aliphatic heterocycles. The maximum atomic E-state index is 12.4. The number of pyridine rings is 1. The molecular formula is C15H20N4O4S. The minimum atomic E-state index is -3.53. The van der Waals surface area contributed by atoms with E-state index in [1.165, 1.54) is 4.57 Å². The Bertz CT molecular complexity index is 834. The standard InChI is InChI=1S/C15H20N4O4S/c1-12-11-18-14(17-8-6-13-5-3-4-7-16-13)15(20)19(12)9-10-23-24(2,21)22/h3-5,7,11H,6,8-10H2,1-2H3,(H,17,18). The van der Waals surface area contributed by atoms with Crippen LogP contribution in [0.1, 0.15) is 11.4 Å². The Kier molecular flexibility index (Phi) is 6.04. The van der Waals surface area contributed by atoms with Gasteiger partial charge in [0, 0.05) is 36.7 Å². The van der Waals surface area contributed by atoms with Crippen LogP contribution in [0.4, 0.5) is 5.82 Å². The molecule has 0 atom stereocenters. The molecule has 2 aromatic rings. The van der Waals surface area contributed by atoms with E-state index in [9.17, 15) is 13.2 Å². The Hall–Kier alpha value is -2.26. The molecule has 0 saturated carbocycles. The molecule has 24 heavy (non-hydrogen) atoms. The van der Waals surface area contributed by atoms with Gasteiger partial charge in [0.25, 0.3) is 15.7 Å². The van der Waals surface area contributed by atoms with E-state index in [4.69, 9.17) is 0 Å². The highest BCUT2D eigenvalue weighted by molar-refractivity contribution is 7.85. The van der Waals surface area contributed by atoms with Crippen molar-refractivity contribution in [2.75, 3.05) is 24.7 Å². The second-order valence-corrected chi connectivity index (χ2v) is 6.87. The molecule has 0 bridgehead atoms. The fourth-order valence-corrected chi connectivity index (χ4v) is 2.48. The maximum Gasteiger partial charge on any atom is 0.293 e. The van der Waals surface area contributed by atoms with Gasteiger partial charge >= 0.3 is 0 Å². The first-order valence-corrected chi connectivity index (χ1v) is 9.23. The summed E-state index contributed by atoms with van der Waals surface area (Å²) in [6.07, 6.45) is 4.91. The first kappa shape index (κ1) is 18.1. The number of aromatic nitrogens is 3. The van der Waals surface area contributed by atoms with Crippen molar-refractivity contribution in [2.24, 2.45) is 0 Å². The zero-order chi connectivity index (χ0) is 17.6. The van der Waals surface area contributed by atoms with Crippen molar-refractivity contribution in [3.05, 3.63) is 52.3 Å². The number of aryl methyl sites for hydroxylation is 1. The Balaban J connectivity index is 2.00. The van der Waals surface area contributed by atoms with Crippen molar-refractivity contribution >= 4 is 15.9 Å². The molecule has 0 radical (unpaired) electrons. The third-order valence-electron chi connectivity index (χ3n) is 3.27. The fourth-order valence-electron chi connectivity index (χ4n) is 2.10. The molecule has 0 unspecified atom stereocenters. The number of hydrogen-bond donors (Lipinski definition) is 1. The predicted molar refractivity (Wildman–Crippen MR) is 90.5 cm³/mol. The summed E-state index contributed by atoms with van der Waals surface area (Å²) in [6.45, 7) is 2.28. The molecule has 130 valence electrons. The van der Waals surface area contributed by atoms with Gasteiger partial charge < -0.3 is 9.88 Å². The molecule has 0 aromatic carbocycles. The molecular weight excluding hydrogens is 332 g/mol. The van der Waals surface area contributed by atoms with E-state index in [-0.39, 0.29) is 24.5 Å². The molecule has 2 heterocycles. The Labute approximate surface area is 140 Å². The topological polar surface area (TPSA) is 103 Å². The van der Waals surface area contributed by atoms with E-state index in [0.717, 1.165) is 11.9 Å². The molecule has 0 saturated heterocycles. The van der Waals surface area contributed by atoms with Gasteiger partial charge in [0.1, 0.15) is 0 Å². The second-order valence-electron chi connectivity index (χ2n) is 5.23. The smallest absolute Gasteiger partial charge is 0.293 e. The monoisotopic (exact) mass is 352 g/mol. The Morgan fingerprint density at radius 1 is 1.29 bits per heavy atom. The van der Waals surface area contributed by atoms with Crippen molar-refractivity contribution < 1.29 is 12.6 Å². The highest BCUT2D eigenvalue weighted by Gasteiger charge is 2.09. The van der Waals surface area contributed by atoms with Crippen LogP contribution in [0, 0.1) is 6.92 Å². The maximum absolute atomic E-state index is 12.4. The molecule has 1 N–H and O–H groups in total. The van der Waals surface area contributed by atoms with Crippen LogP contribution in [0.2, 0.25) is 0 Å². The summed E-state index contributed by atoms with van der Waals surface area (Å²) in [6, 6.07) is 5.65. The van der Waals surface area contributed by atoms with Crippen LogP contribution < -0.4 is 10.9 Å². The number of anilines is 1. The predicted octanol–water partition coefficient (Wildman–Crippen LogP) is 0.578. The summed E-state index contributed by atoms with van der Waals surface area (Å²) in [5.74, 6) is 0.218. The largest absolute Gasteiger partial charge is 0.365 e. The Morgan fingerprint density at radius 2 is 2.08 bits per heavy atom. The van der Waals surface area contributed by atoms with E-state index in [0.29, 0.717) is 18.7 Å². The van der Waals surface area contributed by atoms with Gasteiger partial charge in [-0.3, -0.25) is 14.0 Å². The van der Waals surface area contributed by atoms with Gasteiger partial charge in [0.15, 0.2) is 5.82 Å². The first-order valence-electron chi connectivity index (χ1n) is 7.41. The number of hydrogen-bond acceptors (Lipinski definition) is 7. The molecule has 2 rings (SSSR count). The quantitative estimate of drug-likeness (QED) is 0.693. The molecule has 0 fully saturated rings. The fraction of sp³-hybridized carbons (Fsp3) is 0.400. The van der Waals surface area contributed by atoms with Crippen molar-refractivity contribution in [1.82, 2.24) is 14.5 Å². The van der Waals surface area contributed by atoms with Gasteiger partial charge in [0.2, 0.25) is 0 Å². The van der Waals surface area contributed by atoms with E-state index >= 15 is 0 Å². The molecule has 0 aliphatic rings. The lowest BCUT2D eigenvalue weighted by Crippen LogP contribution is -2.29. The zero-order valence-corrected chi connectivity index (χ0v) is 14.4. The highest BCUT2D eigenvalue weighted by atomic mass is 32.2. The normalized spacial score (nSPS) is 11.4. The van der Waals surface area contributed by atoms with Gasteiger partial charge in [-0.2, -0.15) is 8.42 Å². The van der Waals surface area contributed by atoms with Gasteiger partial charge in [-0.15, -0.1) is 0 Å². The van der Waals surface area contributed by atoms with Gasteiger partial charge in [-0.05, 0) is 19.1 Å². The van der Waals surface area contributed by atoms with Crippen LogP contribution in [-0.4, -0.2) is 42.4 Å². The van der Waals surface area contributed by atoms with Gasteiger partial charge in [0.05, 0.1) is 19.4 Å². The van der Waals surface area contributed by atoms with Crippen LogP contribution in [0.15, 0.2) is 35.4 Å². The minimum absolute atomic E-state index is 0.100. The van der Waals surface area contributed by atoms with Crippen molar-refractivity contribution in [1.29, 1.82) is 0 Å². The lowest BCUT2D eigenvalue weighted by atomic mass is 10.3. The zero-order valence-electron chi connectivity index (χ0n) is 13.6. The number of nitrogens with one attached hydrogen (secondary N) is 1. The van der Waals surface area contributed by atoms with E-state index in [1.807, 2.05) is 18.2 Å². The summed E-state index contributed by atoms with van der Waals surface area (Å²) < 4.78 is 28.1. The molecule has 9 heteroatoms. The number of rotatable bonds is 8. The summed E-state index contributed by atoms with van der Waals surface area (Å²) in [4.78, 5) is 20.7. The summed E-state index contributed by atoms with van der Waals surface area (Å²) in [5, 5.41) is 2.99. The molecule has 8 nitrogen and oxygen atoms in total.